The molecule has 2 aliphatic heterocycles. The van der Waals surface area contributed by atoms with Crippen LogP contribution in [-0.4, -0.2) is 46.3 Å². The van der Waals surface area contributed by atoms with E-state index in [1.807, 2.05) is 0 Å². The number of halogens is 3. The topological polar surface area (TPSA) is 122 Å². The molecule has 35 heavy (non-hydrogen) atoms. The lowest BCUT2D eigenvalue weighted by atomic mass is 9.89. The number of carbonyl (C=O) groups is 5. The lowest BCUT2D eigenvalue weighted by Crippen LogP contribution is -2.61. The molecule has 9 nitrogen and oxygen atoms in total. The van der Waals surface area contributed by atoms with E-state index in [1.165, 1.54) is 23.1 Å². The van der Waals surface area contributed by atoms with Crippen molar-refractivity contribution in [3.05, 3.63) is 64.7 Å². The van der Waals surface area contributed by atoms with Crippen LogP contribution in [-0.2, 0) is 16.1 Å². The molecule has 2 N–H and O–H groups in total. The zero-order valence-electron chi connectivity index (χ0n) is 18.2. The molecule has 12 heteroatoms. The summed E-state index contributed by atoms with van der Waals surface area (Å²) in [5, 5.41) is 4.35. The number of ether oxygens (including phenoxy) is 1. The quantitative estimate of drug-likeness (QED) is 0.636. The van der Waals surface area contributed by atoms with Gasteiger partial charge in [-0.2, -0.15) is 0 Å². The number of hydrogen-bond donors (Lipinski definition) is 2. The van der Waals surface area contributed by atoms with E-state index in [4.69, 9.17) is 0 Å². The number of nitrogens with zero attached hydrogens (tertiary/aromatic N) is 1. The Labute approximate surface area is 196 Å². The molecule has 1 atom stereocenters. The SMILES string of the molecule is C[C@]1(N2Cc3ccc(C(=O)NC(=O)c4ccc(OC(F)(F)F)cc4)cc3C2=O)CCC(=O)NC1=O. The van der Waals surface area contributed by atoms with E-state index in [9.17, 15) is 37.1 Å². The van der Waals surface area contributed by atoms with Crippen LogP contribution in [0.1, 0.15) is 56.4 Å². The third kappa shape index (κ3) is 4.72. The Kier molecular flexibility index (Phi) is 5.83. The molecule has 0 bridgehead atoms. The van der Waals surface area contributed by atoms with Crippen LogP contribution in [0.25, 0.3) is 0 Å². The van der Waals surface area contributed by atoms with Crippen molar-refractivity contribution in [2.45, 2.75) is 38.2 Å². The zero-order valence-corrected chi connectivity index (χ0v) is 18.2. The van der Waals surface area contributed by atoms with Gasteiger partial charge in [-0.1, -0.05) is 6.07 Å². The van der Waals surface area contributed by atoms with Crippen LogP contribution in [0.5, 0.6) is 5.75 Å². The Morgan fingerprint density at radius 2 is 1.66 bits per heavy atom. The first-order valence-corrected chi connectivity index (χ1v) is 10.4. The molecule has 0 aliphatic carbocycles. The Morgan fingerprint density at radius 3 is 2.29 bits per heavy atom. The summed E-state index contributed by atoms with van der Waals surface area (Å²) in [6, 6.07) is 8.24. The number of alkyl halides is 3. The van der Waals surface area contributed by atoms with Gasteiger partial charge in [0.2, 0.25) is 5.91 Å². The summed E-state index contributed by atoms with van der Waals surface area (Å²) >= 11 is 0. The average Bonchev–Trinajstić information content (AvgIpc) is 3.12. The van der Waals surface area contributed by atoms with E-state index in [0.717, 1.165) is 24.3 Å². The highest BCUT2D eigenvalue weighted by molar-refractivity contribution is 6.12. The van der Waals surface area contributed by atoms with Crippen molar-refractivity contribution in [3.63, 3.8) is 0 Å². The number of benzene rings is 2. The van der Waals surface area contributed by atoms with Crippen molar-refractivity contribution in [1.29, 1.82) is 0 Å². The number of nitrogens with one attached hydrogen (secondary N) is 2. The molecule has 1 fully saturated rings. The fraction of sp³-hybridized carbons (Fsp3) is 0.261. The van der Waals surface area contributed by atoms with E-state index in [2.05, 4.69) is 15.4 Å². The van der Waals surface area contributed by atoms with Crippen LogP contribution in [0.4, 0.5) is 13.2 Å². The smallest absolute Gasteiger partial charge is 0.406 e. The first kappa shape index (κ1) is 23.9. The van der Waals surface area contributed by atoms with Gasteiger partial charge in [0.25, 0.3) is 23.6 Å². The van der Waals surface area contributed by atoms with Gasteiger partial charge >= 0.3 is 6.36 Å². The molecule has 2 aliphatic rings. The highest BCUT2D eigenvalue weighted by Gasteiger charge is 2.48. The van der Waals surface area contributed by atoms with Gasteiger partial charge in [0.05, 0.1) is 0 Å². The van der Waals surface area contributed by atoms with Crippen LogP contribution in [0, 0.1) is 0 Å². The van der Waals surface area contributed by atoms with Crippen LogP contribution < -0.4 is 15.4 Å². The highest BCUT2D eigenvalue weighted by Crippen LogP contribution is 2.34. The summed E-state index contributed by atoms with van der Waals surface area (Å²) in [5.74, 6) is -3.70. The van der Waals surface area contributed by atoms with Crippen LogP contribution in [0.3, 0.4) is 0 Å². The minimum absolute atomic E-state index is 0.00208. The van der Waals surface area contributed by atoms with E-state index in [0.29, 0.717) is 5.56 Å². The van der Waals surface area contributed by atoms with Crippen LogP contribution in [0.15, 0.2) is 42.5 Å². The third-order valence-corrected chi connectivity index (χ3v) is 5.93. The molecule has 0 radical (unpaired) electrons. The van der Waals surface area contributed by atoms with Gasteiger partial charge in [0.15, 0.2) is 0 Å². The Morgan fingerprint density at radius 1 is 1.03 bits per heavy atom. The molecule has 4 rings (SSSR count). The number of imide groups is 2. The van der Waals surface area contributed by atoms with Gasteiger partial charge in [-0.3, -0.25) is 34.6 Å². The second kappa shape index (κ2) is 8.53. The maximum absolute atomic E-state index is 13.0. The van der Waals surface area contributed by atoms with Crippen molar-refractivity contribution in [2.24, 2.45) is 0 Å². The third-order valence-electron chi connectivity index (χ3n) is 5.93. The molecular weight excluding hydrogens is 471 g/mol. The molecule has 0 unspecified atom stereocenters. The number of piperidine rings is 1. The van der Waals surface area contributed by atoms with Crippen molar-refractivity contribution < 1.29 is 41.9 Å². The van der Waals surface area contributed by atoms with Gasteiger partial charge in [-0.05, 0) is 55.3 Å². The van der Waals surface area contributed by atoms with E-state index in [1.54, 1.807) is 6.92 Å². The van der Waals surface area contributed by atoms with Gasteiger partial charge in [-0.25, -0.2) is 0 Å². The fourth-order valence-electron chi connectivity index (χ4n) is 3.95. The first-order chi connectivity index (χ1) is 16.4. The number of carbonyl (C=O) groups excluding carboxylic acids is 5. The maximum Gasteiger partial charge on any atom is 0.573 e. The second-order valence-electron chi connectivity index (χ2n) is 8.27. The average molecular weight is 489 g/mol. The van der Waals surface area contributed by atoms with E-state index in [-0.39, 0.29) is 36.1 Å². The Balaban J connectivity index is 1.46. The monoisotopic (exact) mass is 489 g/mol. The summed E-state index contributed by atoms with van der Waals surface area (Å²) < 4.78 is 40.5. The van der Waals surface area contributed by atoms with Crippen LogP contribution >= 0.6 is 0 Å². The maximum atomic E-state index is 13.0. The molecule has 2 aromatic rings. The minimum Gasteiger partial charge on any atom is -0.406 e. The fourth-order valence-corrected chi connectivity index (χ4v) is 3.95. The zero-order chi connectivity index (χ0) is 25.5. The molecule has 0 saturated carbocycles. The highest BCUT2D eigenvalue weighted by atomic mass is 19.4. The summed E-state index contributed by atoms with van der Waals surface area (Å²) in [7, 11) is 0. The predicted molar refractivity (Wildman–Crippen MR) is 112 cm³/mol. The van der Waals surface area contributed by atoms with E-state index >= 15 is 0 Å². The minimum atomic E-state index is -4.88. The van der Waals surface area contributed by atoms with Gasteiger partial charge < -0.3 is 9.64 Å². The van der Waals surface area contributed by atoms with E-state index < -0.39 is 47.2 Å². The first-order valence-electron chi connectivity index (χ1n) is 10.4. The summed E-state index contributed by atoms with van der Waals surface area (Å²) in [5.41, 5.74) is -0.557. The summed E-state index contributed by atoms with van der Waals surface area (Å²) in [6.45, 7) is 1.68. The molecule has 2 heterocycles. The lowest BCUT2D eigenvalue weighted by Gasteiger charge is -2.39. The van der Waals surface area contributed by atoms with Crippen LogP contribution in [0.2, 0.25) is 0 Å². The van der Waals surface area contributed by atoms with Crippen molar-refractivity contribution in [1.82, 2.24) is 15.5 Å². The number of fused-ring (bicyclic) bond motifs is 1. The largest absolute Gasteiger partial charge is 0.573 e. The van der Waals surface area contributed by atoms with Crippen molar-refractivity contribution in [3.8, 4) is 5.75 Å². The number of amides is 5. The second-order valence-corrected chi connectivity index (χ2v) is 8.27. The molecule has 182 valence electrons. The summed E-state index contributed by atoms with van der Waals surface area (Å²) in [6.07, 6.45) is -4.64. The molecule has 2 aromatic carbocycles. The van der Waals surface area contributed by atoms with Gasteiger partial charge in [-0.15, -0.1) is 13.2 Å². The van der Waals surface area contributed by atoms with Gasteiger partial charge in [0, 0.05) is 29.7 Å². The Hall–Kier alpha value is -4.22. The molecule has 5 amide bonds. The Bertz CT molecular complexity index is 1260. The lowest BCUT2D eigenvalue weighted by molar-refractivity contribution is -0.274. The number of rotatable bonds is 4. The number of hydrogen-bond acceptors (Lipinski definition) is 6. The molecular formula is C23H18F3N3O6. The normalized spacial score (nSPS) is 19.8. The molecule has 0 aromatic heterocycles. The van der Waals surface area contributed by atoms with Crippen molar-refractivity contribution in [2.75, 3.05) is 0 Å². The van der Waals surface area contributed by atoms with Crippen molar-refractivity contribution >= 4 is 29.5 Å². The predicted octanol–water partition coefficient (Wildman–Crippen LogP) is 2.31. The standard InChI is InChI=1S/C23H18F3N3O6/c1-22(9-8-17(30)27-21(22)34)29-11-14-3-2-13(10-16(14)20(29)33)19(32)28-18(31)12-4-6-15(7-5-12)35-23(24,25)26/h2-7,10H,8-9,11H2,1H3,(H,27,30,34)(H,28,31,32)/t22-/m0/s1. The molecule has 0 spiro atoms. The van der Waals surface area contributed by atoms with Gasteiger partial charge in [0.1, 0.15) is 11.3 Å². The molecule has 1 saturated heterocycles. The summed E-state index contributed by atoms with van der Waals surface area (Å²) in [4.78, 5) is 63.3.